The lowest BCUT2D eigenvalue weighted by Gasteiger charge is -2.08. The molecule has 2 heterocycles. The van der Waals surface area contributed by atoms with Gasteiger partial charge < -0.3 is 10.6 Å². The number of thiocarbonyl (C=S) groups is 1. The van der Waals surface area contributed by atoms with Gasteiger partial charge >= 0.3 is 0 Å². The van der Waals surface area contributed by atoms with E-state index in [1.807, 2.05) is 6.20 Å². The summed E-state index contributed by atoms with van der Waals surface area (Å²) < 4.78 is 16.5. The molecule has 2 aromatic heterocycles. The van der Waals surface area contributed by atoms with E-state index in [9.17, 15) is 4.39 Å². The average Bonchev–Trinajstić information content (AvgIpc) is 3.23. The van der Waals surface area contributed by atoms with E-state index in [1.165, 1.54) is 12.1 Å². The van der Waals surface area contributed by atoms with Crippen LogP contribution >= 0.6 is 23.8 Å². The standard InChI is InChI=1S/C17H18ClFN6S/c18-14-8-21-24(11-14)7-1-6-20-17(26)23-16-9-22-25(12-16)10-13-2-4-15(19)5-3-13/h2-5,8-9,11-12H,1,6-7,10H2,(H2,20,23,26). The number of aromatic nitrogens is 4. The van der Waals surface area contributed by atoms with Crippen LogP contribution in [0.15, 0.2) is 49.1 Å². The molecule has 0 unspecified atom stereocenters. The number of rotatable bonds is 7. The molecule has 9 heteroatoms. The number of nitrogens with one attached hydrogen (secondary N) is 2. The van der Waals surface area contributed by atoms with Crippen molar-refractivity contribution in [3.8, 4) is 0 Å². The van der Waals surface area contributed by atoms with Crippen molar-refractivity contribution in [2.24, 2.45) is 0 Å². The molecule has 0 fully saturated rings. The Morgan fingerprint density at radius 3 is 2.62 bits per heavy atom. The third-order valence-corrected chi connectivity index (χ3v) is 4.04. The fourth-order valence-corrected chi connectivity index (χ4v) is 2.75. The molecule has 0 atom stereocenters. The molecule has 136 valence electrons. The molecule has 0 aliphatic rings. The summed E-state index contributed by atoms with van der Waals surface area (Å²) in [5, 5.41) is 15.8. The summed E-state index contributed by atoms with van der Waals surface area (Å²) >= 11 is 11.1. The lowest BCUT2D eigenvalue weighted by atomic mass is 10.2. The molecule has 0 amide bonds. The third-order valence-electron chi connectivity index (χ3n) is 3.60. The predicted molar refractivity (Wildman–Crippen MR) is 104 cm³/mol. The van der Waals surface area contributed by atoms with Crippen molar-refractivity contribution < 1.29 is 4.39 Å². The number of nitrogens with zero attached hydrogens (tertiary/aromatic N) is 4. The Bertz CT molecular complexity index is 860. The van der Waals surface area contributed by atoms with Gasteiger partial charge in [-0.15, -0.1) is 0 Å². The quantitative estimate of drug-likeness (QED) is 0.477. The average molecular weight is 393 g/mol. The highest BCUT2D eigenvalue weighted by Gasteiger charge is 2.03. The van der Waals surface area contributed by atoms with Crippen LogP contribution in [0.1, 0.15) is 12.0 Å². The molecule has 0 saturated carbocycles. The lowest BCUT2D eigenvalue weighted by Crippen LogP contribution is -2.29. The van der Waals surface area contributed by atoms with Crippen LogP contribution in [0, 0.1) is 5.82 Å². The zero-order chi connectivity index (χ0) is 18.4. The molecule has 3 rings (SSSR count). The molecule has 0 radical (unpaired) electrons. The first-order valence-corrected chi connectivity index (χ1v) is 8.87. The second-order valence-electron chi connectivity index (χ2n) is 5.71. The molecular formula is C17H18ClFN6S. The van der Waals surface area contributed by atoms with E-state index in [0.29, 0.717) is 23.2 Å². The number of halogens is 2. The van der Waals surface area contributed by atoms with Gasteiger partial charge in [0.15, 0.2) is 5.11 Å². The summed E-state index contributed by atoms with van der Waals surface area (Å²) in [5.41, 5.74) is 1.77. The summed E-state index contributed by atoms with van der Waals surface area (Å²) in [6.07, 6.45) is 7.81. The topological polar surface area (TPSA) is 59.7 Å². The fraction of sp³-hybridized carbons (Fsp3) is 0.235. The molecule has 0 spiro atoms. The summed E-state index contributed by atoms with van der Waals surface area (Å²) in [4.78, 5) is 0. The van der Waals surface area contributed by atoms with Gasteiger partial charge in [0.05, 0.1) is 29.6 Å². The molecule has 0 bridgehead atoms. The minimum atomic E-state index is -0.247. The molecule has 0 aliphatic carbocycles. The zero-order valence-electron chi connectivity index (χ0n) is 13.9. The third kappa shape index (κ3) is 5.53. The van der Waals surface area contributed by atoms with Gasteiger partial charge in [-0.3, -0.25) is 9.36 Å². The van der Waals surface area contributed by atoms with E-state index >= 15 is 0 Å². The summed E-state index contributed by atoms with van der Waals surface area (Å²) in [7, 11) is 0. The van der Waals surface area contributed by atoms with Gasteiger partial charge in [-0.05, 0) is 36.3 Å². The molecule has 1 aromatic carbocycles. The molecule has 6 nitrogen and oxygen atoms in total. The van der Waals surface area contributed by atoms with Crippen LogP contribution in [0.2, 0.25) is 5.02 Å². The molecular weight excluding hydrogens is 375 g/mol. The first-order valence-electron chi connectivity index (χ1n) is 8.08. The second-order valence-corrected chi connectivity index (χ2v) is 6.55. The first kappa shape index (κ1) is 18.3. The lowest BCUT2D eigenvalue weighted by molar-refractivity contribution is 0.574. The molecule has 26 heavy (non-hydrogen) atoms. The predicted octanol–water partition coefficient (Wildman–Crippen LogP) is 3.30. The van der Waals surface area contributed by atoms with E-state index in [1.54, 1.807) is 40.1 Å². The van der Waals surface area contributed by atoms with Crippen molar-refractivity contribution >= 4 is 34.6 Å². The van der Waals surface area contributed by atoms with Crippen LogP contribution in [-0.4, -0.2) is 31.2 Å². The maximum atomic E-state index is 12.9. The van der Waals surface area contributed by atoms with Gasteiger partial charge in [0, 0.05) is 25.5 Å². The largest absolute Gasteiger partial charge is 0.362 e. The minimum absolute atomic E-state index is 0.247. The second kappa shape index (κ2) is 8.77. The highest BCUT2D eigenvalue weighted by Crippen LogP contribution is 2.09. The van der Waals surface area contributed by atoms with Gasteiger partial charge in [-0.25, -0.2) is 4.39 Å². The highest BCUT2D eigenvalue weighted by molar-refractivity contribution is 7.80. The summed E-state index contributed by atoms with van der Waals surface area (Å²) in [6, 6.07) is 6.36. The zero-order valence-corrected chi connectivity index (χ0v) is 15.5. The van der Waals surface area contributed by atoms with Gasteiger partial charge in [0.1, 0.15) is 5.82 Å². The van der Waals surface area contributed by atoms with Crippen molar-refractivity contribution in [1.29, 1.82) is 0 Å². The monoisotopic (exact) mass is 392 g/mol. The Kier molecular flexibility index (Phi) is 6.19. The minimum Gasteiger partial charge on any atom is -0.362 e. The SMILES string of the molecule is Fc1ccc(Cn2cc(NC(=S)NCCCn3cc(Cl)cn3)cn2)cc1. The molecule has 0 saturated heterocycles. The van der Waals surface area contributed by atoms with Gasteiger partial charge in [0.25, 0.3) is 0 Å². The Morgan fingerprint density at radius 2 is 1.88 bits per heavy atom. The van der Waals surface area contributed by atoms with E-state index in [4.69, 9.17) is 23.8 Å². The Balaban J connectivity index is 1.40. The number of benzene rings is 1. The van der Waals surface area contributed by atoms with Crippen molar-refractivity contribution in [2.45, 2.75) is 19.5 Å². The van der Waals surface area contributed by atoms with Crippen LogP contribution in [0.3, 0.4) is 0 Å². The van der Waals surface area contributed by atoms with Crippen molar-refractivity contribution in [3.63, 3.8) is 0 Å². The van der Waals surface area contributed by atoms with Gasteiger partial charge in [-0.2, -0.15) is 10.2 Å². The number of anilines is 1. The molecule has 0 aliphatic heterocycles. The Morgan fingerprint density at radius 1 is 1.12 bits per heavy atom. The number of hydrogen-bond acceptors (Lipinski definition) is 3. The first-order chi connectivity index (χ1) is 12.6. The van der Waals surface area contributed by atoms with Crippen molar-refractivity contribution in [3.05, 3.63) is 65.5 Å². The van der Waals surface area contributed by atoms with Crippen LogP contribution in [0.4, 0.5) is 10.1 Å². The van der Waals surface area contributed by atoms with E-state index in [2.05, 4.69) is 20.8 Å². The van der Waals surface area contributed by atoms with E-state index in [-0.39, 0.29) is 5.82 Å². The molecule has 3 aromatic rings. The fourth-order valence-electron chi connectivity index (χ4n) is 2.37. The van der Waals surface area contributed by atoms with Gasteiger partial charge in [0.2, 0.25) is 0 Å². The maximum Gasteiger partial charge on any atom is 0.170 e. The number of hydrogen-bond donors (Lipinski definition) is 2. The van der Waals surface area contributed by atoms with Gasteiger partial charge in [-0.1, -0.05) is 23.7 Å². The smallest absolute Gasteiger partial charge is 0.170 e. The molecule has 2 N–H and O–H groups in total. The summed E-state index contributed by atoms with van der Waals surface area (Å²) in [6.45, 7) is 2.04. The van der Waals surface area contributed by atoms with E-state index in [0.717, 1.165) is 24.2 Å². The van der Waals surface area contributed by atoms with Crippen LogP contribution in [0.5, 0.6) is 0 Å². The van der Waals surface area contributed by atoms with Crippen LogP contribution in [-0.2, 0) is 13.1 Å². The van der Waals surface area contributed by atoms with Crippen molar-refractivity contribution in [1.82, 2.24) is 24.9 Å². The normalized spacial score (nSPS) is 10.7. The van der Waals surface area contributed by atoms with Crippen molar-refractivity contribution in [2.75, 3.05) is 11.9 Å². The maximum absolute atomic E-state index is 12.9. The highest BCUT2D eigenvalue weighted by atomic mass is 35.5. The Hall–Kier alpha value is -2.45. The Labute approximate surface area is 161 Å². The van der Waals surface area contributed by atoms with Crippen LogP contribution < -0.4 is 10.6 Å². The van der Waals surface area contributed by atoms with Crippen LogP contribution in [0.25, 0.3) is 0 Å². The summed E-state index contributed by atoms with van der Waals surface area (Å²) in [5.74, 6) is -0.247. The number of aryl methyl sites for hydroxylation is 1. The van der Waals surface area contributed by atoms with E-state index < -0.39 is 0 Å².